The van der Waals surface area contributed by atoms with E-state index in [9.17, 15) is 4.79 Å². The highest BCUT2D eigenvalue weighted by Crippen LogP contribution is 2.35. The highest BCUT2D eigenvalue weighted by molar-refractivity contribution is 14.1. The van der Waals surface area contributed by atoms with Crippen molar-refractivity contribution < 1.29 is 9.53 Å². The van der Waals surface area contributed by atoms with Crippen LogP contribution < -0.4 is 0 Å². The van der Waals surface area contributed by atoms with Gasteiger partial charge in [-0.25, -0.2) is 0 Å². The Balaban J connectivity index is 2.77. The second kappa shape index (κ2) is 3.13. The Morgan fingerprint density at radius 2 is 2.45 bits per heavy atom. The number of alkyl halides is 1. The van der Waals surface area contributed by atoms with E-state index in [1.165, 1.54) is 0 Å². The third-order valence-electron chi connectivity index (χ3n) is 1.92. The molecule has 0 bridgehead atoms. The molecule has 0 radical (unpaired) electrons. The minimum absolute atomic E-state index is 0.0218. The molecular weight excluding hydrogens is 255 g/mol. The van der Waals surface area contributed by atoms with Crippen LogP contribution in [0.4, 0.5) is 0 Å². The molecule has 0 aliphatic carbocycles. The standard InChI is InChI=1S/C8H11IO2/c1-6(2)8(9)3-7(4-10)11-5-8/h3-4,6H,5H2,1-2H3. The Bertz CT molecular complexity index is 198. The lowest BCUT2D eigenvalue weighted by Gasteiger charge is -2.21. The number of halogens is 1. The zero-order chi connectivity index (χ0) is 8.48. The Kier molecular flexibility index (Phi) is 2.57. The first kappa shape index (κ1) is 9.03. The molecule has 0 fully saturated rings. The summed E-state index contributed by atoms with van der Waals surface area (Å²) in [5.41, 5.74) is 0. The zero-order valence-electron chi connectivity index (χ0n) is 6.63. The van der Waals surface area contributed by atoms with E-state index in [2.05, 4.69) is 36.4 Å². The molecular formula is C8H11IO2. The minimum atomic E-state index is 0.0218. The van der Waals surface area contributed by atoms with Crippen LogP contribution in [-0.4, -0.2) is 16.3 Å². The molecule has 1 heterocycles. The predicted molar refractivity (Wildman–Crippen MR) is 51.7 cm³/mol. The average Bonchev–Trinajstić information content (AvgIpc) is 2.33. The maximum atomic E-state index is 10.3. The van der Waals surface area contributed by atoms with Gasteiger partial charge in [-0.05, 0) is 12.0 Å². The van der Waals surface area contributed by atoms with Crippen LogP contribution in [0.2, 0.25) is 0 Å². The molecule has 1 aliphatic heterocycles. The minimum Gasteiger partial charge on any atom is -0.489 e. The number of carbonyl (C=O) groups is 1. The highest BCUT2D eigenvalue weighted by atomic mass is 127. The number of rotatable bonds is 2. The van der Waals surface area contributed by atoms with Crippen molar-refractivity contribution in [1.29, 1.82) is 0 Å². The van der Waals surface area contributed by atoms with Gasteiger partial charge in [0, 0.05) is 0 Å². The SMILES string of the molecule is CC(C)C1(I)C=C(C=O)OC1. The Morgan fingerprint density at radius 3 is 2.73 bits per heavy atom. The van der Waals surface area contributed by atoms with E-state index in [0.717, 1.165) is 6.29 Å². The van der Waals surface area contributed by atoms with Gasteiger partial charge in [-0.3, -0.25) is 4.79 Å². The molecule has 62 valence electrons. The van der Waals surface area contributed by atoms with Crippen molar-refractivity contribution in [2.24, 2.45) is 5.92 Å². The highest BCUT2D eigenvalue weighted by Gasteiger charge is 2.34. The van der Waals surface area contributed by atoms with E-state index < -0.39 is 0 Å². The van der Waals surface area contributed by atoms with Gasteiger partial charge in [0.05, 0.1) is 3.42 Å². The molecule has 0 spiro atoms. The van der Waals surface area contributed by atoms with Crippen LogP contribution in [0.25, 0.3) is 0 Å². The zero-order valence-corrected chi connectivity index (χ0v) is 8.79. The maximum absolute atomic E-state index is 10.3. The smallest absolute Gasteiger partial charge is 0.184 e. The topological polar surface area (TPSA) is 26.3 Å². The van der Waals surface area contributed by atoms with E-state index in [-0.39, 0.29) is 3.42 Å². The Morgan fingerprint density at radius 1 is 1.82 bits per heavy atom. The molecule has 3 heteroatoms. The van der Waals surface area contributed by atoms with E-state index in [1.807, 2.05) is 6.08 Å². The number of carbonyl (C=O) groups excluding carboxylic acids is 1. The van der Waals surface area contributed by atoms with E-state index in [1.54, 1.807) is 0 Å². The molecule has 0 amide bonds. The monoisotopic (exact) mass is 266 g/mol. The average molecular weight is 266 g/mol. The van der Waals surface area contributed by atoms with Crippen LogP contribution in [0.15, 0.2) is 11.8 Å². The molecule has 1 unspecified atom stereocenters. The molecule has 0 aromatic rings. The van der Waals surface area contributed by atoms with Gasteiger partial charge in [0.25, 0.3) is 0 Å². The third-order valence-corrected chi connectivity index (χ3v) is 3.79. The fraction of sp³-hybridized carbons (Fsp3) is 0.625. The van der Waals surface area contributed by atoms with Crippen LogP contribution in [0.5, 0.6) is 0 Å². The molecule has 0 N–H and O–H groups in total. The summed E-state index contributed by atoms with van der Waals surface area (Å²) >= 11 is 2.33. The summed E-state index contributed by atoms with van der Waals surface area (Å²) < 4.78 is 5.19. The predicted octanol–water partition coefficient (Wildman–Crippen LogP) is 1.93. The van der Waals surface area contributed by atoms with Gasteiger partial charge in [-0.1, -0.05) is 36.4 Å². The first-order valence-electron chi connectivity index (χ1n) is 3.58. The quantitative estimate of drug-likeness (QED) is 0.433. The molecule has 11 heavy (non-hydrogen) atoms. The lowest BCUT2D eigenvalue weighted by atomic mass is 9.97. The summed E-state index contributed by atoms with van der Waals surface area (Å²) in [6.07, 6.45) is 2.67. The van der Waals surface area contributed by atoms with Gasteiger partial charge in [-0.15, -0.1) is 0 Å². The largest absolute Gasteiger partial charge is 0.489 e. The summed E-state index contributed by atoms with van der Waals surface area (Å²) in [5, 5.41) is 0. The third kappa shape index (κ3) is 1.75. The van der Waals surface area contributed by atoms with Crippen molar-refractivity contribution in [2.75, 3.05) is 6.61 Å². The van der Waals surface area contributed by atoms with Gasteiger partial charge in [0.2, 0.25) is 0 Å². The second-order valence-corrected chi connectivity index (χ2v) is 5.04. The van der Waals surface area contributed by atoms with Crippen molar-refractivity contribution in [3.05, 3.63) is 11.8 Å². The van der Waals surface area contributed by atoms with Gasteiger partial charge < -0.3 is 4.74 Å². The molecule has 1 aliphatic rings. The molecule has 0 saturated heterocycles. The molecule has 1 rings (SSSR count). The second-order valence-electron chi connectivity index (χ2n) is 3.03. The van der Waals surface area contributed by atoms with Crippen molar-refractivity contribution in [3.8, 4) is 0 Å². The van der Waals surface area contributed by atoms with Crippen molar-refractivity contribution in [2.45, 2.75) is 17.3 Å². The maximum Gasteiger partial charge on any atom is 0.184 e. The molecule has 1 atom stereocenters. The van der Waals surface area contributed by atoms with E-state index in [0.29, 0.717) is 18.3 Å². The lowest BCUT2D eigenvalue weighted by Crippen LogP contribution is -2.26. The fourth-order valence-corrected chi connectivity index (χ4v) is 1.38. The van der Waals surface area contributed by atoms with Gasteiger partial charge >= 0.3 is 0 Å². The summed E-state index contributed by atoms with van der Waals surface area (Å²) in [5.74, 6) is 0.980. The summed E-state index contributed by atoms with van der Waals surface area (Å²) in [6, 6.07) is 0. The van der Waals surface area contributed by atoms with E-state index >= 15 is 0 Å². The number of allylic oxidation sites excluding steroid dienone is 1. The molecule has 0 saturated carbocycles. The summed E-state index contributed by atoms with van der Waals surface area (Å²) in [6.45, 7) is 4.87. The molecule has 0 aromatic heterocycles. The molecule has 2 nitrogen and oxygen atoms in total. The van der Waals surface area contributed by atoms with Crippen LogP contribution >= 0.6 is 22.6 Å². The van der Waals surface area contributed by atoms with E-state index in [4.69, 9.17) is 4.74 Å². The number of hydrogen-bond acceptors (Lipinski definition) is 2. The normalized spacial score (nSPS) is 30.0. The summed E-state index contributed by atoms with van der Waals surface area (Å²) in [7, 11) is 0. The van der Waals surface area contributed by atoms with Crippen LogP contribution in [0.3, 0.4) is 0 Å². The van der Waals surface area contributed by atoms with Gasteiger partial charge in [0.1, 0.15) is 6.61 Å². The fourth-order valence-electron chi connectivity index (χ4n) is 0.915. The Hall–Kier alpha value is -0.0600. The van der Waals surface area contributed by atoms with Gasteiger partial charge in [-0.2, -0.15) is 0 Å². The van der Waals surface area contributed by atoms with Crippen molar-refractivity contribution >= 4 is 28.9 Å². The number of hydrogen-bond donors (Lipinski definition) is 0. The molecule has 0 aromatic carbocycles. The van der Waals surface area contributed by atoms with Gasteiger partial charge in [0.15, 0.2) is 12.0 Å². The van der Waals surface area contributed by atoms with Crippen molar-refractivity contribution in [3.63, 3.8) is 0 Å². The van der Waals surface area contributed by atoms with Crippen LogP contribution in [-0.2, 0) is 9.53 Å². The van der Waals surface area contributed by atoms with Crippen LogP contribution in [0, 0.1) is 5.92 Å². The lowest BCUT2D eigenvalue weighted by molar-refractivity contribution is -0.107. The first-order chi connectivity index (χ1) is 5.08. The summed E-state index contributed by atoms with van der Waals surface area (Å²) in [4.78, 5) is 10.3. The van der Waals surface area contributed by atoms with Crippen molar-refractivity contribution in [1.82, 2.24) is 0 Å². The van der Waals surface area contributed by atoms with Crippen LogP contribution in [0.1, 0.15) is 13.8 Å². The number of ether oxygens (including phenoxy) is 1. The Labute approximate surface area is 80.1 Å². The first-order valence-corrected chi connectivity index (χ1v) is 4.66. The number of aldehydes is 1.